The molecule has 2 aromatic rings. The summed E-state index contributed by atoms with van der Waals surface area (Å²) in [4.78, 5) is 8.15. The zero-order valence-electron chi connectivity index (χ0n) is 8.15. The third-order valence-corrected chi connectivity index (χ3v) is 2.89. The average molecular weight is 348 g/mol. The maximum Gasteiger partial charge on any atom is 0.213 e. The van der Waals surface area contributed by atoms with E-state index in [1.807, 2.05) is 6.07 Å². The number of hydrogen-bond donors (Lipinski definition) is 1. The summed E-state index contributed by atoms with van der Waals surface area (Å²) in [5.74, 6) is 1.48. The number of aromatic nitrogens is 3. The summed E-state index contributed by atoms with van der Waals surface area (Å²) in [5, 5.41) is 6.90. The lowest BCUT2D eigenvalue weighted by Gasteiger charge is -2.05. The number of pyridine rings is 1. The zero-order valence-corrected chi connectivity index (χ0v) is 11.3. The van der Waals surface area contributed by atoms with E-state index < -0.39 is 0 Å². The molecule has 16 heavy (non-hydrogen) atoms. The summed E-state index contributed by atoms with van der Waals surface area (Å²) in [6.45, 7) is 0.701. The quantitative estimate of drug-likeness (QED) is 0.921. The van der Waals surface area contributed by atoms with Crippen LogP contribution in [0.15, 0.2) is 32.1 Å². The van der Waals surface area contributed by atoms with Crippen LogP contribution < -0.4 is 5.32 Å². The number of hydrogen-bond acceptors (Lipinski definition) is 5. The van der Waals surface area contributed by atoms with Crippen molar-refractivity contribution >= 4 is 37.7 Å². The predicted molar refractivity (Wildman–Crippen MR) is 66.1 cm³/mol. The molecule has 0 unspecified atom stereocenters. The van der Waals surface area contributed by atoms with Gasteiger partial charge in [-0.25, -0.2) is 4.98 Å². The van der Waals surface area contributed by atoms with E-state index in [2.05, 4.69) is 56.8 Å². The fraction of sp³-hybridized carbons (Fsp3) is 0.222. The topological polar surface area (TPSA) is 63.8 Å². The van der Waals surface area contributed by atoms with Gasteiger partial charge in [-0.2, -0.15) is 4.98 Å². The van der Waals surface area contributed by atoms with Gasteiger partial charge in [0.2, 0.25) is 6.39 Å². The second-order valence-corrected chi connectivity index (χ2v) is 4.78. The Kier molecular flexibility index (Phi) is 3.89. The molecule has 0 aliphatic rings. The van der Waals surface area contributed by atoms with Gasteiger partial charge in [-0.05, 0) is 37.9 Å². The predicted octanol–water partition coefficient (Wildman–Crippen LogP) is 2.64. The van der Waals surface area contributed by atoms with Crippen molar-refractivity contribution in [2.75, 3.05) is 11.9 Å². The van der Waals surface area contributed by atoms with Crippen LogP contribution in [0.5, 0.6) is 0 Å². The van der Waals surface area contributed by atoms with Crippen LogP contribution in [0.4, 0.5) is 5.82 Å². The summed E-state index contributed by atoms with van der Waals surface area (Å²) in [7, 11) is 0. The Morgan fingerprint density at radius 1 is 1.31 bits per heavy atom. The molecule has 0 fully saturated rings. The first-order valence-electron chi connectivity index (χ1n) is 4.56. The summed E-state index contributed by atoms with van der Waals surface area (Å²) in [5.41, 5.74) is 0. The van der Waals surface area contributed by atoms with E-state index in [-0.39, 0.29) is 0 Å². The Balaban J connectivity index is 1.90. The number of anilines is 1. The van der Waals surface area contributed by atoms with Crippen molar-refractivity contribution < 1.29 is 4.52 Å². The summed E-state index contributed by atoms with van der Waals surface area (Å²) in [6.07, 6.45) is 3.76. The number of rotatable bonds is 4. The van der Waals surface area contributed by atoms with Gasteiger partial charge in [-0.15, -0.1) is 0 Å². The lowest BCUT2D eigenvalue weighted by Crippen LogP contribution is -2.07. The molecule has 5 nitrogen and oxygen atoms in total. The highest BCUT2D eigenvalue weighted by molar-refractivity contribution is 9.11. The van der Waals surface area contributed by atoms with Crippen LogP contribution >= 0.6 is 31.9 Å². The molecule has 0 spiro atoms. The van der Waals surface area contributed by atoms with Gasteiger partial charge < -0.3 is 9.84 Å². The second-order valence-electron chi connectivity index (χ2n) is 3.01. The molecule has 0 aliphatic carbocycles. The zero-order chi connectivity index (χ0) is 11.4. The summed E-state index contributed by atoms with van der Waals surface area (Å²) < 4.78 is 6.48. The molecular weight excluding hydrogens is 340 g/mol. The lowest BCUT2D eigenvalue weighted by molar-refractivity contribution is 0.410. The van der Waals surface area contributed by atoms with Gasteiger partial charge in [0.05, 0.1) is 4.47 Å². The third kappa shape index (κ3) is 3.02. The fourth-order valence-corrected chi connectivity index (χ4v) is 2.27. The minimum absolute atomic E-state index is 0.681. The Bertz CT molecular complexity index is 461. The van der Waals surface area contributed by atoms with Gasteiger partial charge >= 0.3 is 0 Å². The molecule has 1 N–H and O–H groups in total. The molecule has 2 heterocycles. The van der Waals surface area contributed by atoms with Gasteiger partial charge in [0.1, 0.15) is 5.82 Å². The van der Waals surface area contributed by atoms with Gasteiger partial charge in [0.25, 0.3) is 0 Å². The van der Waals surface area contributed by atoms with Crippen LogP contribution in [0.2, 0.25) is 0 Å². The molecular formula is C9H8Br2N4O. The number of halogens is 2. The van der Waals surface area contributed by atoms with E-state index in [0.717, 1.165) is 14.8 Å². The van der Waals surface area contributed by atoms with Crippen LogP contribution in [0, 0.1) is 0 Å². The van der Waals surface area contributed by atoms with Gasteiger partial charge in [-0.3, -0.25) is 0 Å². The molecule has 0 saturated carbocycles. The smallest absolute Gasteiger partial charge is 0.213 e. The van der Waals surface area contributed by atoms with E-state index in [4.69, 9.17) is 0 Å². The average Bonchev–Trinajstić information content (AvgIpc) is 2.74. The first kappa shape index (κ1) is 11.5. The van der Waals surface area contributed by atoms with Gasteiger partial charge in [0, 0.05) is 23.6 Å². The Labute approximate surface area is 109 Å². The van der Waals surface area contributed by atoms with Crippen LogP contribution in [-0.2, 0) is 6.42 Å². The third-order valence-electron chi connectivity index (χ3n) is 1.86. The standard InChI is InChI=1S/C9H8Br2N4O/c10-6-3-7(11)9(13-4-6)12-2-1-8-14-5-16-15-8/h3-5H,1-2H2,(H,12,13). The van der Waals surface area contributed by atoms with E-state index in [1.165, 1.54) is 6.39 Å². The van der Waals surface area contributed by atoms with Crippen molar-refractivity contribution in [3.05, 3.63) is 33.4 Å². The first-order chi connectivity index (χ1) is 7.75. The highest BCUT2D eigenvalue weighted by Gasteiger charge is 2.02. The van der Waals surface area contributed by atoms with E-state index in [1.54, 1.807) is 6.20 Å². The normalized spacial score (nSPS) is 10.4. The minimum Gasteiger partial charge on any atom is -0.369 e. The largest absolute Gasteiger partial charge is 0.369 e. The molecule has 0 saturated heterocycles. The maximum absolute atomic E-state index is 4.64. The van der Waals surface area contributed by atoms with Crippen molar-refractivity contribution in [3.8, 4) is 0 Å². The maximum atomic E-state index is 4.64. The molecule has 0 amide bonds. The first-order valence-corrected chi connectivity index (χ1v) is 6.14. The second kappa shape index (κ2) is 5.40. The van der Waals surface area contributed by atoms with Crippen LogP contribution in [0.1, 0.15) is 5.82 Å². The van der Waals surface area contributed by atoms with E-state index in [9.17, 15) is 0 Å². The van der Waals surface area contributed by atoms with Gasteiger partial charge in [-0.1, -0.05) is 5.16 Å². The van der Waals surface area contributed by atoms with Crippen molar-refractivity contribution in [2.45, 2.75) is 6.42 Å². The molecule has 0 bridgehead atoms. The molecule has 84 valence electrons. The van der Waals surface area contributed by atoms with Gasteiger partial charge in [0.15, 0.2) is 5.82 Å². The Morgan fingerprint density at radius 2 is 2.19 bits per heavy atom. The highest BCUT2D eigenvalue weighted by atomic mass is 79.9. The Morgan fingerprint density at radius 3 is 2.88 bits per heavy atom. The monoisotopic (exact) mass is 346 g/mol. The fourth-order valence-electron chi connectivity index (χ4n) is 1.14. The molecule has 2 aromatic heterocycles. The number of nitrogens with zero attached hydrogens (tertiary/aromatic N) is 3. The number of nitrogens with one attached hydrogen (secondary N) is 1. The Hall–Kier alpha value is -0.950. The van der Waals surface area contributed by atoms with Crippen molar-refractivity contribution in [2.24, 2.45) is 0 Å². The van der Waals surface area contributed by atoms with E-state index in [0.29, 0.717) is 18.8 Å². The molecule has 0 aromatic carbocycles. The SMILES string of the molecule is Brc1cnc(NCCc2ncon2)c(Br)c1. The molecule has 0 atom stereocenters. The van der Waals surface area contributed by atoms with Crippen molar-refractivity contribution in [3.63, 3.8) is 0 Å². The van der Waals surface area contributed by atoms with Crippen LogP contribution in [0.3, 0.4) is 0 Å². The lowest BCUT2D eigenvalue weighted by atomic mass is 10.4. The van der Waals surface area contributed by atoms with E-state index >= 15 is 0 Å². The molecule has 2 rings (SSSR count). The molecule has 7 heteroatoms. The van der Waals surface area contributed by atoms with Crippen LogP contribution in [-0.4, -0.2) is 21.7 Å². The van der Waals surface area contributed by atoms with Crippen molar-refractivity contribution in [1.82, 2.24) is 15.1 Å². The minimum atomic E-state index is 0.681. The van der Waals surface area contributed by atoms with Crippen molar-refractivity contribution in [1.29, 1.82) is 0 Å². The van der Waals surface area contributed by atoms with Crippen LogP contribution in [0.25, 0.3) is 0 Å². The summed E-state index contributed by atoms with van der Waals surface area (Å²) >= 11 is 6.76. The molecule has 0 radical (unpaired) electrons. The molecule has 0 aliphatic heterocycles. The highest BCUT2D eigenvalue weighted by Crippen LogP contribution is 2.23. The summed E-state index contributed by atoms with van der Waals surface area (Å²) in [6, 6.07) is 1.93.